The molecule has 0 aromatic carbocycles. The van der Waals surface area contributed by atoms with E-state index in [4.69, 9.17) is 14.2 Å². The van der Waals surface area contributed by atoms with Gasteiger partial charge in [0.25, 0.3) is 0 Å². The van der Waals surface area contributed by atoms with Crippen LogP contribution in [0.1, 0.15) is 247 Å². The molecule has 0 heterocycles. The lowest BCUT2D eigenvalue weighted by molar-refractivity contribution is -0.167. The molecule has 0 aromatic heterocycles. The van der Waals surface area contributed by atoms with Crippen molar-refractivity contribution in [3.63, 3.8) is 0 Å². The lowest BCUT2D eigenvalue weighted by Crippen LogP contribution is -2.30. The molecule has 0 saturated carbocycles. The van der Waals surface area contributed by atoms with Crippen LogP contribution in [0.2, 0.25) is 0 Å². The fourth-order valence-corrected chi connectivity index (χ4v) is 6.72. The predicted octanol–water partition coefficient (Wildman–Crippen LogP) is 14.2. The summed E-state index contributed by atoms with van der Waals surface area (Å²) in [4.78, 5) is 37.5. The Balaban J connectivity index is 4.14. The van der Waals surface area contributed by atoms with E-state index in [9.17, 15) is 14.4 Å². The maximum Gasteiger partial charge on any atom is 0.306 e. The molecule has 6 heteroatoms. The van der Waals surface area contributed by atoms with Crippen molar-refractivity contribution >= 4 is 17.9 Å². The molecule has 308 valence electrons. The van der Waals surface area contributed by atoms with Crippen LogP contribution in [0.3, 0.4) is 0 Å². The van der Waals surface area contributed by atoms with Crippen LogP contribution in [-0.4, -0.2) is 37.2 Å². The Kier molecular flexibility index (Phi) is 37.9. The van der Waals surface area contributed by atoms with E-state index in [2.05, 4.69) is 34.6 Å². The molecule has 0 radical (unpaired) electrons. The van der Waals surface area contributed by atoms with E-state index < -0.39 is 6.10 Å². The summed E-state index contributed by atoms with van der Waals surface area (Å²) in [6.07, 6.45) is 36.8. The van der Waals surface area contributed by atoms with Gasteiger partial charge in [0.05, 0.1) is 0 Å². The number of carbonyl (C=O) groups excluding carboxylic acids is 3. The Hall–Kier alpha value is -1.59. The largest absolute Gasteiger partial charge is 0.462 e. The highest BCUT2D eigenvalue weighted by atomic mass is 16.6. The van der Waals surface area contributed by atoms with E-state index in [0.717, 1.165) is 76.0 Å². The van der Waals surface area contributed by atoms with E-state index in [-0.39, 0.29) is 31.1 Å². The minimum absolute atomic E-state index is 0.0662. The minimum atomic E-state index is -0.758. The fraction of sp³-hybridized carbons (Fsp3) is 0.935. The van der Waals surface area contributed by atoms with E-state index in [1.807, 2.05) is 0 Å². The third-order valence-corrected chi connectivity index (χ3v) is 10.6. The molecule has 0 aliphatic rings. The molecule has 0 saturated heterocycles. The van der Waals surface area contributed by atoms with Crippen molar-refractivity contribution in [1.29, 1.82) is 0 Å². The summed E-state index contributed by atoms with van der Waals surface area (Å²) >= 11 is 0. The number of hydrogen-bond donors (Lipinski definition) is 0. The van der Waals surface area contributed by atoms with Crippen LogP contribution in [0.15, 0.2) is 0 Å². The molecule has 1 unspecified atom stereocenters. The monoisotopic (exact) mass is 737 g/mol. The summed E-state index contributed by atoms with van der Waals surface area (Å²) < 4.78 is 16.6. The molecule has 2 atom stereocenters. The molecule has 0 aliphatic carbocycles. The first-order valence-corrected chi connectivity index (χ1v) is 22.8. The van der Waals surface area contributed by atoms with E-state index in [1.54, 1.807) is 0 Å². The maximum atomic E-state index is 12.5. The Bertz CT molecular complexity index is 796. The highest BCUT2D eigenvalue weighted by Crippen LogP contribution is 2.17. The molecule has 0 N–H and O–H groups in total. The zero-order valence-corrected chi connectivity index (χ0v) is 35.4. The number of ether oxygens (including phenoxy) is 3. The van der Waals surface area contributed by atoms with Crippen LogP contribution in [0, 0.1) is 11.8 Å². The van der Waals surface area contributed by atoms with Gasteiger partial charge in [-0.1, -0.05) is 208 Å². The van der Waals surface area contributed by atoms with Crippen molar-refractivity contribution in [2.75, 3.05) is 13.2 Å². The molecule has 0 amide bonds. The number of hydrogen-bond acceptors (Lipinski definition) is 6. The lowest BCUT2D eigenvalue weighted by atomic mass is 9.99. The second-order valence-corrected chi connectivity index (χ2v) is 16.4. The smallest absolute Gasteiger partial charge is 0.306 e. The van der Waals surface area contributed by atoms with Crippen LogP contribution < -0.4 is 0 Å². The topological polar surface area (TPSA) is 78.9 Å². The lowest BCUT2D eigenvalue weighted by Gasteiger charge is -2.18. The van der Waals surface area contributed by atoms with Crippen molar-refractivity contribution in [3.05, 3.63) is 0 Å². The number of rotatable bonds is 40. The van der Waals surface area contributed by atoms with Crippen molar-refractivity contribution in [2.24, 2.45) is 11.8 Å². The quantitative estimate of drug-likeness (QED) is 0.0354. The number of esters is 3. The molecule has 0 bridgehead atoms. The zero-order chi connectivity index (χ0) is 38.3. The predicted molar refractivity (Wildman–Crippen MR) is 220 cm³/mol. The van der Waals surface area contributed by atoms with E-state index in [0.29, 0.717) is 19.3 Å². The number of unbranched alkanes of at least 4 members (excludes halogenated alkanes) is 24. The van der Waals surface area contributed by atoms with Crippen molar-refractivity contribution in [3.8, 4) is 0 Å². The van der Waals surface area contributed by atoms with Gasteiger partial charge in [-0.3, -0.25) is 14.4 Å². The van der Waals surface area contributed by atoms with Crippen LogP contribution >= 0.6 is 0 Å². The second-order valence-electron chi connectivity index (χ2n) is 16.4. The van der Waals surface area contributed by atoms with E-state index >= 15 is 0 Å². The summed E-state index contributed by atoms with van der Waals surface area (Å²) in [6.45, 7) is 11.3. The van der Waals surface area contributed by atoms with Gasteiger partial charge in [-0.2, -0.15) is 0 Å². The normalized spacial score (nSPS) is 12.6. The highest BCUT2D eigenvalue weighted by Gasteiger charge is 2.19. The van der Waals surface area contributed by atoms with Gasteiger partial charge < -0.3 is 14.2 Å². The molecular formula is C46H88O6. The van der Waals surface area contributed by atoms with Gasteiger partial charge in [-0.25, -0.2) is 0 Å². The fourth-order valence-electron chi connectivity index (χ4n) is 6.72. The zero-order valence-electron chi connectivity index (χ0n) is 35.4. The van der Waals surface area contributed by atoms with Crippen LogP contribution in [0.4, 0.5) is 0 Å². The van der Waals surface area contributed by atoms with Gasteiger partial charge in [0.15, 0.2) is 6.10 Å². The summed E-state index contributed by atoms with van der Waals surface area (Å²) in [5.74, 6) is 0.832. The highest BCUT2D eigenvalue weighted by molar-refractivity contribution is 5.71. The molecule has 0 fully saturated rings. The number of carbonyl (C=O) groups is 3. The van der Waals surface area contributed by atoms with Gasteiger partial charge in [0.1, 0.15) is 13.2 Å². The summed E-state index contributed by atoms with van der Waals surface area (Å²) in [5.41, 5.74) is 0. The molecule has 0 spiro atoms. The SMILES string of the molecule is CCCCCCCC(=O)O[C@@H](COC(=O)CCCCCCCCCCCCCCC(C)C)COC(=O)CCCCCCCCCCCCC(C)CC. The van der Waals surface area contributed by atoms with Crippen LogP contribution in [-0.2, 0) is 28.6 Å². The Labute approximate surface area is 323 Å². The Morgan fingerprint density at radius 2 is 0.731 bits per heavy atom. The maximum absolute atomic E-state index is 12.5. The molecule has 0 aliphatic heterocycles. The molecule has 52 heavy (non-hydrogen) atoms. The third-order valence-electron chi connectivity index (χ3n) is 10.6. The standard InChI is InChI=1S/C46H88O6/c1-6-8-9-24-33-38-46(49)52-43(40-51-45(48)37-32-28-23-19-15-14-17-21-26-30-35-42(5)7-2)39-50-44(47)36-31-27-22-18-13-11-10-12-16-20-25-29-34-41(3)4/h41-43H,6-40H2,1-5H3/t42?,43-/m0/s1. The average molecular weight is 737 g/mol. The van der Waals surface area contributed by atoms with Gasteiger partial charge in [-0.05, 0) is 31.1 Å². The van der Waals surface area contributed by atoms with Crippen molar-refractivity contribution in [2.45, 2.75) is 253 Å². The average Bonchev–Trinajstić information content (AvgIpc) is 3.12. The minimum Gasteiger partial charge on any atom is -0.462 e. The van der Waals surface area contributed by atoms with Crippen molar-refractivity contribution < 1.29 is 28.6 Å². The second kappa shape index (κ2) is 39.1. The Morgan fingerprint density at radius 3 is 1.10 bits per heavy atom. The van der Waals surface area contributed by atoms with Gasteiger partial charge >= 0.3 is 17.9 Å². The molecule has 6 nitrogen and oxygen atoms in total. The third kappa shape index (κ3) is 38.1. The Morgan fingerprint density at radius 1 is 0.404 bits per heavy atom. The van der Waals surface area contributed by atoms with Crippen molar-refractivity contribution in [1.82, 2.24) is 0 Å². The van der Waals surface area contributed by atoms with Gasteiger partial charge in [0.2, 0.25) is 0 Å². The molecule has 0 rings (SSSR count). The van der Waals surface area contributed by atoms with Gasteiger partial charge in [0, 0.05) is 19.3 Å². The first-order chi connectivity index (χ1) is 25.3. The first-order valence-electron chi connectivity index (χ1n) is 22.8. The summed E-state index contributed by atoms with van der Waals surface area (Å²) in [7, 11) is 0. The first kappa shape index (κ1) is 50.4. The van der Waals surface area contributed by atoms with Gasteiger partial charge in [-0.15, -0.1) is 0 Å². The molecular weight excluding hydrogens is 649 g/mol. The summed E-state index contributed by atoms with van der Waals surface area (Å²) in [6, 6.07) is 0. The summed E-state index contributed by atoms with van der Waals surface area (Å²) in [5, 5.41) is 0. The van der Waals surface area contributed by atoms with E-state index in [1.165, 1.54) is 128 Å². The molecule has 0 aromatic rings. The van der Waals surface area contributed by atoms with Crippen LogP contribution in [0.5, 0.6) is 0 Å². The van der Waals surface area contributed by atoms with Crippen LogP contribution in [0.25, 0.3) is 0 Å².